The van der Waals surface area contributed by atoms with Gasteiger partial charge in [0.1, 0.15) is 12.2 Å². The lowest BCUT2D eigenvalue weighted by molar-refractivity contribution is -0.141. The summed E-state index contributed by atoms with van der Waals surface area (Å²) in [6.07, 6.45) is -0.754. The predicted molar refractivity (Wildman–Crippen MR) is 69.2 cm³/mol. The van der Waals surface area contributed by atoms with Crippen LogP contribution in [-0.4, -0.2) is 34.1 Å². The number of aromatic nitrogens is 1. The second kappa shape index (κ2) is 5.38. The predicted octanol–water partition coefficient (Wildman–Crippen LogP) is 2.65. The van der Waals surface area contributed by atoms with E-state index in [4.69, 9.17) is 5.73 Å². The van der Waals surface area contributed by atoms with E-state index in [2.05, 4.69) is 0 Å². The average molecular weight is 289 g/mol. The zero-order valence-corrected chi connectivity index (χ0v) is 11.3. The summed E-state index contributed by atoms with van der Waals surface area (Å²) in [6.45, 7) is 1.29. The molecule has 1 heterocycles. The van der Waals surface area contributed by atoms with E-state index in [1.165, 1.54) is 6.07 Å². The van der Waals surface area contributed by atoms with Crippen molar-refractivity contribution >= 4 is 11.6 Å². The molecule has 0 bridgehead atoms. The van der Waals surface area contributed by atoms with Crippen LogP contribution in [0.4, 0.5) is 18.9 Å². The van der Waals surface area contributed by atoms with Crippen LogP contribution in [0.5, 0.6) is 0 Å². The highest BCUT2D eigenvalue weighted by Crippen LogP contribution is 2.31. The summed E-state index contributed by atoms with van der Waals surface area (Å²) < 4.78 is 39.4. The van der Waals surface area contributed by atoms with Crippen LogP contribution < -0.4 is 5.73 Å². The smallest absolute Gasteiger partial charge is 0.397 e. The van der Waals surface area contributed by atoms with Crippen LogP contribution in [0.3, 0.4) is 0 Å². The van der Waals surface area contributed by atoms with Crippen molar-refractivity contribution < 1.29 is 18.0 Å². The zero-order chi connectivity index (χ0) is 14.9. The quantitative estimate of drug-likeness (QED) is 0.906. The molecule has 1 saturated carbocycles. The van der Waals surface area contributed by atoms with Gasteiger partial charge in [0.05, 0.1) is 5.69 Å². The van der Waals surface area contributed by atoms with Gasteiger partial charge in [-0.2, -0.15) is 13.2 Å². The fourth-order valence-corrected chi connectivity index (χ4v) is 2.23. The molecule has 1 aromatic heterocycles. The number of hydrogen-bond acceptors (Lipinski definition) is 2. The first-order chi connectivity index (χ1) is 9.31. The van der Waals surface area contributed by atoms with Crippen LogP contribution in [0.25, 0.3) is 0 Å². The lowest BCUT2D eigenvalue weighted by Gasteiger charge is -2.24. The number of rotatable bonds is 5. The molecule has 0 saturated heterocycles. The van der Waals surface area contributed by atoms with Gasteiger partial charge in [0.15, 0.2) is 0 Å². The normalized spacial score (nSPS) is 15.4. The lowest BCUT2D eigenvalue weighted by atomic mass is 10.3. The topological polar surface area (TPSA) is 51.3 Å². The Morgan fingerprint density at radius 2 is 2.15 bits per heavy atom. The summed E-state index contributed by atoms with van der Waals surface area (Å²) in [5.74, 6) is -0.588. The zero-order valence-electron chi connectivity index (χ0n) is 11.3. The molecule has 20 heavy (non-hydrogen) atoms. The van der Waals surface area contributed by atoms with Gasteiger partial charge in [0, 0.05) is 18.8 Å². The highest BCUT2D eigenvalue weighted by atomic mass is 19.4. The van der Waals surface area contributed by atoms with Crippen molar-refractivity contribution in [3.8, 4) is 0 Å². The van der Waals surface area contributed by atoms with Gasteiger partial charge in [-0.3, -0.25) is 4.79 Å². The summed E-state index contributed by atoms with van der Waals surface area (Å²) in [5, 5.41) is 0. The number of nitrogens with zero attached hydrogens (tertiary/aromatic N) is 2. The Morgan fingerprint density at radius 3 is 2.65 bits per heavy atom. The minimum absolute atomic E-state index is 0.237. The van der Waals surface area contributed by atoms with Crippen molar-refractivity contribution in [1.29, 1.82) is 0 Å². The van der Waals surface area contributed by atoms with Crippen LogP contribution in [0.1, 0.15) is 36.7 Å². The molecule has 1 aliphatic rings. The largest absolute Gasteiger partial charge is 0.406 e. The van der Waals surface area contributed by atoms with E-state index in [1.54, 1.807) is 10.8 Å². The minimum Gasteiger partial charge on any atom is -0.397 e. The number of aryl methyl sites for hydroxylation is 1. The Labute approximate surface area is 115 Å². The Morgan fingerprint density at radius 1 is 1.50 bits per heavy atom. The molecule has 0 atom stereocenters. The van der Waals surface area contributed by atoms with E-state index in [0.717, 1.165) is 11.3 Å². The minimum atomic E-state index is -4.38. The maximum atomic E-state index is 12.6. The van der Waals surface area contributed by atoms with Gasteiger partial charge in [0.2, 0.25) is 0 Å². The Balaban J connectivity index is 2.23. The van der Waals surface area contributed by atoms with Crippen LogP contribution >= 0.6 is 0 Å². The Bertz CT molecular complexity index is 492. The van der Waals surface area contributed by atoms with Crippen LogP contribution in [0, 0.1) is 0 Å². The van der Waals surface area contributed by atoms with Crippen LogP contribution in [0.2, 0.25) is 0 Å². The van der Waals surface area contributed by atoms with Crippen molar-refractivity contribution in [3.63, 3.8) is 0 Å². The lowest BCUT2D eigenvalue weighted by Crippen LogP contribution is -2.41. The van der Waals surface area contributed by atoms with E-state index in [0.29, 0.717) is 25.1 Å². The molecule has 0 aromatic carbocycles. The molecule has 1 fully saturated rings. The van der Waals surface area contributed by atoms with Crippen molar-refractivity contribution in [2.45, 2.75) is 44.9 Å². The number of carbonyl (C=O) groups excluding carboxylic acids is 1. The van der Waals surface area contributed by atoms with Gasteiger partial charge in [-0.25, -0.2) is 0 Å². The molecule has 4 nitrogen and oxygen atoms in total. The molecular formula is C13H18F3N3O. The van der Waals surface area contributed by atoms with E-state index in [9.17, 15) is 18.0 Å². The second-order valence-electron chi connectivity index (χ2n) is 5.13. The fourth-order valence-electron chi connectivity index (χ4n) is 2.23. The highest BCUT2D eigenvalue weighted by molar-refractivity contribution is 5.94. The average Bonchev–Trinajstić information content (AvgIpc) is 3.09. The summed E-state index contributed by atoms with van der Waals surface area (Å²) in [5.41, 5.74) is 6.28. The molecule has 1 aromatic rings. The van der Waals surface area contributed by atoms with Crippen molar-refractivity contribution in [3.05, 3.63) is 18.0 Å². The maximum absolute atomic E-state index is 12.6. The fraction of sp³-hybridized carbons (Fsp3) is 0.615. The summed E-state index contributed by atoms with van der Waals surface area (Å²) in [4.78, 5) is 13.3. The third-order valence-corrected chi connectivity index (χ3v) is 3.20. The molecule has 0 spiro atoms. The maximum Gasteiger partial charge on any atom is 0.406 e. The van der Waals surface area contributed by atoms with Gasteiger partial charge in [-0.1, -0.05) is 6.92 Å². The monoisotopic (exact) mass is 289 g/mol. The molecule has 1 aliphatic carbocycles. The molecule has 0 aliphatic heterocycles. The number of alkyl halides is 3. The van der Waals surface area contributed by atoms with E-state index in [-0.39, 0.29) is 11.7 Å². The van der Waals surface area contributed by atoms with Gasteiger partial charge in [0.25, 0.3) is 5.91 Å². The summed E-state index contributed by atoms with van der Waals surface area (Å²) in [6, 6.07) is 1.15. The van der Waals surface area contributed by atoms with Gasteiger partial charge in [-0.05, 0) is 25.3 Å². The van der Waals surface area contributed by atoms with Crippen LogP contribution in [0.15, 0.2) is 12.3 Å². The number of carbonyl (C=O) groups is 1. The van der Waals surface area contributed by atoms with E-state index in [1.807, 2.05) is 6.92 Å². The first kappa shape index (κ1) is 14.7. The standard InChI is InChI=1S/C13H18F3N3O/c1-2-5-18-7-9(17)6-11(18)12(20)19(10-3-4-10)8-13(14,15)16/h6-7,10H,2-5,8,17H2,1H3. The number of halogens is 3. The highest BCUT2D eigenvalue weighted by Gasteiger charge is 2.41. The number of nitrogens with two attached hydrogens (primary N) is 1. The number of anilines is 1. The van der Waals surface area contributed by atoms with E-state index < -0.39 is 18.6 Å². The number of nitrogen functional groups attached to an aromatic ring is 1. The first-order valence-corrected chi connectivity index (χ1v) is 6.65. The molecular weight excluding hydrogens is 271 g/mol. The van der Waals surface area contributed by atoms with E-state index >= 15 is 0 Å². The first-order valence-electron chi connectivity index (χ1n) is 6.65. The molecule has 112 valence electrons. The van der Waals surface area contributed by atoms with Crippen molar-refractivity contribution in [2.75, 3.05) is 12.3 Å². The molecule has 1 amide bonds. The molecule has 2 rings (SSSR count). The summed E-state index contributed by atoms with van der Waals surface area (Å²) in [7, 11) is 0. The SMILES string of the molecule is CCCn1cc(N)cc1C(=O)N(CC(F)(F)F)C1CC1. The van der Waals surface area contributed by atoms with Crippen molar-refractivity contribution in [2.24, 2.45) is 0 Å². The van der Waals surface area contributed by atoms with Gasteiger partial charge in [-0.15, -0.1) is 0 Å². The molecule has 0 unspecified atom stereocenters. The van der Waals surface area contributed by atoms with Gasteiger partial charge < -0.3 is 15.2 Å². The molecule has 7 heteroatoms. The second-order valence-corrected chi connectivity index (χ2v) is 5.13. The van der Waals surface area contributed by atoms with Gasteiger partial charge >= 0.3 is 6.18 Å². The number of amides is 1. The van der Waals surface area contributed by atoms with Crippen LogP contribution in [-0.2, 0) is 6.54 Å². The summed E-state index contributed by atoms with van der Waals surface area (Å²) >= 11 is 0. The third-order valence-electron chi connectivity index (χ3n) is 3.20. The number of hydrogen-bond donors (Lipinski definition) is 1. The van der Waals surface area contributed by atoms with Crippen molar-refractivity contribution in [1.82, 2.24) is 9.47 Å². The Kier molecular flexibility index (Phi) is 3.96. The third kappa shape index (κ3) is 3.46. The Hall–Kier alpha value is -1.66. The molecule has 2 N–H and O–H groups in total. The molecule has 0 radical (unpaired) electrons.